The Kier molecular flexibility index (Phi) is 4.25. The first kappa shape index (κ1) is 13.7. The SMILES string of the molecule is CCc1nc(CC(C)C)c(N)n1Cc1ccccc1. The summed E-state index contributed by atoms with van der Waals surface area (Å²) in [5.41, 5.74) is 8.58. The molecule has 1 aromatic heterocycles. The van der Waals surface area contributed by atoms with Gasteiger partial charge in [-0.25, -0.2) is 4.98 Å². The van der Waals surface area contributed by atoms with Gasteiger partial charge in [0.05, 0.1) is 12.2 Å². The van der Waals surface area contributed by atoms with Crippen molar-refractivity contribution in [2.45, 2.75) is 40.2 Å². The second kappa shape index (κ2) is 5.91. The van der Waals surface area contributed by atoms with Gasteiger partial charge >= 0.3 is 0 Å². The topological polar surface area (TPSA) is 43.8 Å². The third kappa shape index (κ3) is 3.16. The van der Waals surface area contributed by atoms with Crippen LogP contribution in [0.1, 0.15) is 37.9 Å². The van der Waals surface area contributed by atoms with Crippen molar-refractivity contribution in [2.75, 3.05) is 5.73 Å². The number of nitrogens with zero attached hydrogens (tertiary/aromatic N) is 2. The number of nitrogen functional groups attached to an aromatic ring is 1. The van der Waals surface area contributed by atoms with E-state index in [2.05, 4.69) is 49.6 Å². The fourth-order valence-corrected chi connectivity index (χ4v) is 2.32. The maximum atomic E-state index is 6.28. The molecule has 1 heterocycles. The first-order valence-electron chi connectivity index (χ1n) is 6.99. The number of aromatic nitrogens is 2. The van der Waals surface area contributed by atoms with Gasteiger partial charge in [0, 0.05) is 6.42 Å². The van der Waals surface area contributed by atoms with Crippen LogP contribution in [0, 0.1) is 5.92 Å². The van der Waals surface area contributed by atoms with Crippen LogP contribution in [0.3, 0.4) is 0 Å². The molecule has 0 amide bonds. The van der Waals surface area contributed by atoms with Gasteiger partial charge in [-0.2, -0.15) is 0 Å². The van der Waals surface area contributed by atoms with Gasteiger partial charge in [-0.15, -0.1) is 0 Å². The van der Waals surface area contributed by atoms with Gasteiger partial charge in [-0.3, -0.25) is 0 Å². The summed E-state index contributed by atoms with van der Waals surface area (Å²) in [5.74, 6) is 2.48. The molecule has 0 fully saturated rings. The molecule has 0 saturated heterocycles. The van der Waals surface area contributed by atoms with Crippen molar-refractivity contribution >= 4 is 5.82 Å². The molecule has 0 bridgehead atoms. The van der Waals surface area contributed by atoms with E-state index in [9.17, 15) is 0 Å². The molecule has 0 aliphatic carbocycles. The Balaban J connectivity index is 2.31. The first-order chi connectivity index (χ1) is 9.11. The smallest absolute Gasteiger partial charge is 0.127 e. The molecule has 19 heavy (non-hydrogen) atoms. The van der Waals surface area contributed by atoms with Gasteiger partial charge in [0.1, 0.15) is 11.6 Å². The lowest BCUT2D eigenvalue weighted by atomic mass is 10.1. The zero-order valence-corrected chi connectivity index (χ0v) is 12.1. The highest BCUT2D eigenvalue weighted by atomic mass is 15.1. The summed E-state index contributed by atoms with van der Waals surface area (Å²) in [6.45, 7) is 7.33. The summed E-state index contributed by atoms with van der Waals surface area (Å²) < 4.78 is 2.15. The Morgan fingerprint density at radius 3 is 2.47 bits per heavy atom. The summed E-state index contributed by atoms with van der Waals surface area (Å²) in [4.78, 5) is 4.70. The van der Waals surface area contributed by atoms with Crippen LogP contribution in [0.15, 0.2) is 30.3 Å². The Morgan fingerprint density at radius 2 is 1.89 bits per heavy atom. The molecule has 0 saturated carbocycles. The Hall–Kier alpha value is -1.77. The van der Waals surface area contributed by atoms with Crippen molar-refractivity contribution in [2.24, 2.45) is 5.92 Å². The third-order valence-electron chi connectivity index (χ3n) is 3.26. The van der Waals surface area contributed by atoms with Crippen molar-refractivity contribution in [1.29, 1.82) is 0 Å². The molecule has 0 aliphatic heterocycles. The largest absolute Gasteiger partial charge is 0.384 e. The molecule has 102 valence electrons. The molecule has 0 aliphatic rings. The van der Waals surface area contributed by atoms with Crippen LogP contribution in [0.5, 0.6) is 0 Å². The van der Waals surface area contributed by atoms with E-state index in [0.717, 1.165) is 36.7 Å². The van der Waals surface area contributed by atoms with Gasteiger partial charge in [-0.05, 0) is 17.9 Å². The molecule has 0 radical (unpaired) electrons. The minimum atomic E-state index is 0.576. The van der Waals surface area contributed by atoms with Crippen LogP contribution in [0.25, 0.3) is 0 Å². The van der Waals surface area contributed by atoms with Gasteiger partial charge in [0.25, 0.3) is 0 Å². The lowest BCUT2D eigenvalue weighted by Gasteiger charge is -2.09. The highest BCUT2D eigenvalue weighted by Gasteiger charge is 2.14. The third-order valence-corrected chi connectivity index (χ3v) is 3.26. The van der Waals surface area contributed by atoms with Gasteiger partial charge in [0.2, 0.25) is 0 Å². The average molecular weight is 257 g/mol. The standard InChI is InChI=1S/C16H23N3/c1-4-15-18-14(10-12(2)3)16(17)19(15)11-13-8-6-5-7-9-13/h5-9,12H,4,10-11,17H2,1-3H3. The summed E-state index contributed by atoms with van der Waals surface area (Å²) in [7, 11) is 0. The van der Waals surface area contributed by atoms with Crippen LogP contribution in [-0.2, 0) is 19.4 Å². The van der Waals surface area contributed by atoms with E-state index in [0.29, 0.717) is 5.92 Å². The first-order valence-corrected chi connectivity index (χ1v) is 6.99. The van der Waals surface area contributed by atoms with Crippen molar-refractivity contribution in [3.63, 3.8) is 0 Å². The molecule has 2 aromatic rings. The molecule has 2 N–H and O–H groups in total. The maximum absolute atomic E-state index is 6.28. The van der Waals surface area contributed by atoms with E-state index in [1.54, 1.807) is 0 Å². The van der Waals surface area contributed by atoms with E-state index >= 15 is 0 Å². The van der Waals surface area contributed by atoms with Crippen molar-refractivity contribution in [1.82, 2.24) is 9.55 Å². The zero-order chi connectivity index (χ0) is 13.8. The molecular formula is C16H23N3. The quantitative estimate of drug-likeness (QED) is 0.893. The predicted molar refractivity (Wildman–Crippen MR) is 80.1 cm³/mol. The molecule has 1 aromatic carbocycles. The van der Waals surface area contributed by atoms with Crippen molar-refractivity contribution < 1.29 is 0 Å². The molecule has 3 heteroatoms. The molecule has 2 rings (SSSR count). The minimum Gasteiger partial charge on any atom is -0.384 e. The van der Waals surface area contributed by atoms with E-state index in [1.165, 1.54) is 5.56 Å². The molecule has 0 atom stereocenters. The summed E-state index contributed by atoms with van der Waals surface area (Å²) in [5, 5.41) is 0. The molecule has 3 nitrogen and oxygen atoms in total. The fraction of sp³-hybridized carbons (Fsp3) is 0.438. The molecule has 0 spiro atoms. The zero-order valence-electron chi connectivity index (χ0n) is 12.1. The number of imidazole rings is 1. The Morgan fingerprint density at radius 1 is 1.21 bits per heavy atom. The number of rotatable bonds is 5. The van der Waals surface area contributed by atoms with Crippen LogP contribution < -0.4 is 5.73 Å². The second-order valence-electron chi connectivity index (χ2n) is 5.38. The molecular weight excluding hydrogens is 234 g/mol. The normalized spacial score (nSPS) is 11.2. The average Bonchev–Trinajstić information content (AvgIpc) is 2.68. The number of aryl methyl sites for hydroxylation is 1. The highest BCUT2D eigenvalue weighted by Crippen LogP contribution is 2.20. The van der Waals surface area contributed by atoms with Crippen LogP contribution >= 0.6 is 0 Å². The number of nitrogens with two attached hydrogens (primary N) is 1. The fourth-order valence-electron chi connectivity index (χ4n) is 2.32. The number of hydrogen-bond donors (Lipinski definition) is 1. The Bertz CT molecular complexity index is 526. The number of hydrogen-bond acceptors (Lipinski definition) is 2. The number of benzene rings is 1. The lowest BCUT2D eigenvalue weighted by molar-refractivity contribution is 0.637. The van der Waals surface area contributed by atoms with E-state index in [4.69, 9.17) is 10.7 Å². The van der Waals surface area contributed by atoms with Gasteiger partial charge in [0.15, 0.2) is 0 Å². The van der Waals surface area contributed by atoms with Crippen molar-refractivity contribution in [3.05, 3.63) is 47.4 Å². The Labute approximate surface area is 115 Å². The van der Waals surface area contributed by atoms with Crippen LogP contribution in [0.4, 0.5) is 5.82 Å². The monoisotopic (exact) mass is 257 g/mol. The van der Waals surface area contributed by atoms with Crippen LogP contribution in [0.2, 0.25) is 0 Å². The predicted octanol–water partition coefficient (Wildman–Crippen LogP) is 3.27. The summed E-state index contributed by atoms with van der Waals surface area (Å²) in [6, 6.07) is 10.4. The second-order valence-corrected chi connectivity index (χ2v) is 5.38. The minimum absolute atomic E-state index is 0.576. The van der Waals surface area contributed by atoms with E-state index < -0.39 is 0 Å². The van der Waals surface area contributed by atoms with Crippen molar-refractivity contribution in [3.8, 4) is 0 Å². The van der Waals surface area contributed by atoms with E-state index in [-0.39, 0.29) is 0 Å². The van der Waals surface area contributed by atoms with Gasteiger partial charge in [-0.1, -0.05) is 51.1 Å². The molecule has 0 unspecified atom stereocenters. The van der Waals surface area contributed by atoms with Gasteiger partial charge < -0.3 is 10.3 Å². The number of anilines is 1. The highest BCUT2D eigenvalue weighted by molar-refractivity contribution is 5.39. The summed E-state index contributed by atoms with van der Waals surface area (Å²) >= 11 is 0. The van der Waals surface area contributed by atoms with E-state index in [1.807, 2.05) is 6.07 Å². The maximum Gasteiger partial charge on any atom is 0.127 e. The lowest BCUT2D eigenvalue weighted by Crippen LogP contribution is -2.08. The summed E-state index contributed by atoms with van der Waals surface area (Å²) in [6.07, 6.45) is 1.86. The van der Waals surface area contributed by atoms with Crippen LogP contribution in [-0.4, -0.2) is 9.55 Å².